The van der Waals surface area contributed by atoms with E-state index in [0.29, 0.717) is 0 Å². The fourth-order valence-electron chi connectivity index (χ4n) is 1.68. The van der Waals surface area contributed by atoms with E-state index in [-0.39, 0.29) is 47.8 Å². The highest BCUT2D eigenvalue weighted by Crippen LogP contribution is 2.48. The number of halogens is 5. The molecule has 9 heteroatoms. The second-order valence-electron chi connectivity index (χ2n) is 3.88. The summed E-state index contributed by atoms with van der Waals surface area (Å²) in [4.78, 5) is 15.1. The lowest BCUT2D eigenvalue weighted by Crippen LogP contribution is -2.06. The van der Waals surface area contributed by atoms with Gasteiger partial charge in [-0.2, -0.15) is 0 Å². The summed E-state index contributed by atoms with van der Waals surface area (Å²) in [6, 6.07) is 2.82. The van der Waals surface area contributed by atoms with Gasteiger partial charge in [0.05, 0.1) is 25.1 Å². The predicted molar refractivity (Wildman–Crippen MR) is 86.1 cm³/mol. The van der Waals surface area contributed by atoms with Crippen LogP contribution in [0.3, 0.4) is 0 Å². The minimum absolute atomic E-state index is 0.0163. The molecule has 21 heavy (non-hydrogen) atoms. The number of hydrogen-bond donors (Lipinski definition) is 2. The molecule has 1 heterocycles. The maximum absolute atomic E-state index is 11.3. The van der Waals surface area contributed by atoms with E-state index < -0.39 is 5.97 Å². The van der Waals surface area contributed by atoms with Gasteiger partial charge < -0.3 is 10.8 Å². The summed E-state index contributed by atoms with van der Waals surface area (Å²) in [6.07, 6.45) is 0. The summed E-state index contributed by atoms with van der Waals surface area (Å²) in [5.41, 5.74) is 5.42. The van der Waals surface area contributed by atoms with Crippen molar-refractivity contribution in [2.24, 2.45) is 0 Å². The number of hydrogen-bond acceptors (Lipinski definition) is 3. The van der Waals surface area contributed by atoms with Gasteiger partial charge in [-0.05, 0) is 12.1 Å². The zero-order valence-electron chi connectivity index (χ0n) is 9.92. The van der Waals surface area contributed by atoms with E-state index in [1.807, 2.05) is 0 Å². The van der Waals surface area contributed by atoms with E-state index in [1.165, 1.54) is 12.1 Å². The molecule has 2 rings (SSSR count). The number of carboxylic acids is 1. The van der Waals surface area contributed by atoms with Gasteiger partial charge in [0.15, 0.2) is 5.69 Å². The Bertz CT molecular complexity index is 735. The molecular formula is C12H5Cl5N2O2. The van der Waals surface area contributed by atoms with Gasteiger partial charge in [-0.25, -0.2) is 9.78 Å². The second kappa shape index (κ2) is 6.07. The zero-order chi connectivity index (χ0) is 15.9. The van der Waals surface area contributed by atoms with E-state index in [1.54, 1.807) is 0 Å². The molecule has 0 spiro atoms. The van der Waals surface area contributed by atoms with Crippen molar-refractivity contribution >= 4 is 69.8 Å². The van der Waals surface area contributed by atoms with Crippen LogP contribution in [0, 0.1) is 0 Å². The number of rotatable bonds is 2. The number of nitrogens with zero attached hydrogens (tertiary/aromatic N) is 1. The maximum Gasteiger partial charge on any atom is 0.355 e. The Morgan fingerprint density at radius 3 is 1.90 bits per heavy atom. The highest BCUT2D eigenvalue weighted by atomic mass is 35.5. The summed E-state index contributed by atoms with van der Waals surface area (Å²) >= 11 is 30.1. The summed E-state index contributed by atoms with van der Waals surface area (Å²) in [7, 11) is 0. The van der Waals surface area contributed by atoms with Crippen molar-refractivity contribution in [3.63, 3.8) is 0 Å². The molecule has 0 saturated heterocycles. The molecule has 2 aromatic rings. The summed E-state index contributed by atoms with van der Waals surface area (Å²) in [5, 5.41) is 9.10. The number of benzene rings is 1. The molecule has 110 valence electrons. The number of pyridine rings is 1. The van der Waals surface area contributed by atoms with Gasteiger partial charge in [0.1, 0.15) is 5.82 Å². The first-order valence-corrected chi connectivity index (χ1v) is 7.16. The number of aromatic nitrogens is 1. The predicted octanol–water partition coefficient (Wildman–Crippen LogP) is 5.30. The van der Waals surface area contributed by atoms with Crippen LogP contribution in [0.1, 0.15) is 10.5 Å². The minimum atomic E-state index is -1.30. The quantitative estimate of drug-likeness (QED) is 0.543. The van der Waals surface area contributed by atoms with Gasteiger partial charge in [-0.3, -0.25) is 0 Å². The van der Waals surface area contributed by atoms with Gasteiger partial charge in [-0.1, -0.05) is 58.0 Å². The molecule has 0 amide bonds. The Kier molecular flexibility index (Phi) is 4.76. The summed E-state index contributed by atoms with van der Waals surface area (Å²) < 4.78 is 0. The van der Waals surface area contributed by atoms with Gasteiger partial charge in [0.25, 0.3) is 0 Å². The first-order chi connectivity index (χ1) is 9.75. The van der Waals surface area contributed by atoms with Crippen molar-refractivity contribution in [3.8, 4) is 11.1 Å². The zero-order valence-corrected chi connectivity index (χ0v) is 13.7. The fraction of sp³-hybridized carbons (Fsp3) is 0. The molecule has 3 N–H and O–H groups in total. The highest BCUT2D eigenvalue weighted by Gasteiger charge is 2.24. The van der Waals surface area contributed by atoms with Crippen LogP contribution in [0.2, 0.25) is 25.1 Å². The molecule has 0 unspecified atom stereocenters. The first kappa shape index (κ1) is 16.5. The number of nitrogens with two attached hydrogens (primary N) is 1. The van der Waals surface area contributed by atoms with Crippen LogP contribution in [0.4, 0.5) is 5.82 Å². The standard InChI is InChI=1S/C12H5Cl5N2O2/c13-6-5(7(14)9(16)10(17)8(6)15)3-1-2-4(18)19-11(3)12(20)21/h1-2H,(H2,18,19)(H,20,21). The number of carboxylic acid groups (broad SMARTS) is 1. The van der Waals surface area contributed by atoms with Crippen LogP contribution in [-0.4, -0.2) is 16.1 Å². The monoisotopic (exact) mass is 384 g/mol. The summed E-state index contributed by atoms with van der Waals surface area (Å²) in [5.74, 6) is -1.26. The van der Waals surface area contributed by atoms with Crippen LogP contribution in [-0.2, 0) is 0 Å². The summed E-state index contributed by atoms with van der Waals surface area (Å²) in [6.45, 7) is 0. The smallest absolute Gasteiger partial charge is 0.355 e. The first-order valence-electron chi connectivity index (χ1n) is 5.27. The Balaban J connectivity index is 2.89. The number of carbonyl (C=O) groups is 1. The number of anilines is 1. The Labute approximate surface area is 144 Å². The van der Waals surface area contributed by atoms with Crippen molar-refractivity contribution in [1.29, 1.82) is 0 Å². The van der Waals surface area contributed by atoms with Crippen LogP contribution in [0.25, 0.3) is 11.1 Å². The molecule has 0 aliphatic heterocycles. The Morgan fingerprint density at radius 2 is 1.43 bits per heavy atom. The van der Waals surface area contributed by atoms with Crippen LogP contribution in [0.5, 0.6) is 0 Å². The Morgan fingerprint density at radius 1 is 0.952 bits per heavy atom. The van der Waals surface area contributed by atoms with Crippen molar-refractivity contribution in [1.82, 2.24) is 4.98 Å². The lowest BCUT2D eigenvalue weighted by molar-refractivity contribution is 0.0691. The van der Waals surface area contributed by atoms with Gasteiger partial charge in [0, 0.05) is 11.1 Å². The lowest BCUT2D eigenvalue weighted by atomic mass is 10.0. The molecule has 0 aliphatic rings. The third-order valence-electron chi connectivity index (χ3n) is 2.60. The molecule has 0 aliphatic carbocycles. The molecule has 0 atom stereocenters. The van der Waals surface area contributed by atoms with Crippen LogP contribution in [0.15, 0.2) is 12.1 Å². The van der Waals surface area contributed by atoms with E-state index in [4.69, 9.17) is 63.7 Å². The van der Waals surface area contributed by atoms with Crippen molar-refractivity contribution < 1.29 is 9.90 Å². The SMILES string of the molecule is Nc1ccc(-c2c(Cl)c(Cl)c(Cl)c(Cl)c2Cl)c(C(=O)O)n1. The third kappa shape index (κ3) is 2.87. The molecule has 1 aromatic carbocycles. The van der Waals surface area contributed by atoms with Crippen molar-refractivity contribution in [2.45, 2.75) is 0 Å². The van der Waals surface area contributed by atoms with Crippen LogP contribution < -0.4 is 5.73 Å². The largest absolute Gasteiger partial charge is 0.476 e. The van der Waals surface area contributed by atoms with E-state index >= 15 is 0 Å². The van der Waals surface area contributed by atoms with Gasteiger partial charge in [0.2, 0.25) is 0 Å². The molecule has 0 saturated carbocycles. The molecule has 0 bridgehead atoms. The second-order valence-corrected chi connectivity index (χ2v) is 5.77. The van der Waals surface area contributed by atoms with Crippen LogP contribution >= 0.6 is 58.0 Å². The maximum atomic E-state index is 11.3. The fourth-order valence-corrected chi connectivity index (χ4v) is 3.02. The normalized spacial score (nSPS) is 10.7. The van der Waals surface area contributed by atoms with E-state index in [2.05, 4.69) is 4.98 Å². The van der Waals surface area contributed by atoms with Crippen molar-refractivity contribution in [3.05, 3.63) is 42.9 Å². The van der Waals surface area contributed by atoms with E-state index in [0.717, 1.165) is 0 Å². The number of aromatic carboxylic acids is 1. The third-order valence-corrected chi connectivity index (χ3v) is 4.88. The minimum Gasteiger partial charge on any atom is -0.476 e. The van der Waals surface area contributed by atoms with Crippen molar-refractivity contribution in [2.75, 3.05) is 5.73 Å². The topological polar surface area (TPSA) is 76.2 Å². The van der Waals surface area contributed by atoms with E-state index in [9.17, 15) is 9.90 Å². The number of nitrogen functional groups attached to an aromatic ring is 1. The van der Waals surface area contributed by atoms with Gasteiger partial charge >= 0.3 is 5.97 Å². The highest BCUT2D eigenvalue weighted by molar-refractivity contribution is 6.56. The average molecular weight is 386 g/mol. The molecule has 0 fully saturated rings. The molecule has 4 nitrogen and oxygen atoms in total. The molecular weight excluding hydrogens is 381 g/mol. The lowest BCUT2D eigenvalue weighted by Gasteiger charge is -2.14. The molecule has 1 aromatic heterocycles. The average Bonchev–Trinajstić information content (AvgIpc) is 2.44. The van der Waals surface area contributed by atoms with Gasteiger partial charge in [-0.15, -0.1) is 0 Å². The Hall–Kier alpha value is -0.910. The molecule has 0 radical (unpaired) electrons.